The maximum absolute atomic E-state index is 8.77. The van der Waals surface area contributed by atoms with Gasteiger partial charge in [-0.1, -0.05) is 13.8 Å². The highest BCUT2D eigenvalue weighted by Gasteiger charge is 2.04. The molecule has 0 N–H and O–H groups in total. The van der Waals surface area contributed by atoms with Gasteiger partial charge in [-0.15, -0.1) is 0 Å². The van der Waals surface area contributed by atoms with Crippen LogP contribution < -0.4 is 0 Å². The molecule has 0 unspecified atom stereocenters. The van der Waals surface area contributed by atoms with Crippen LogP contribution in [-0.2, 0) is 0 Å². The number of aromatic nitrogens is 2. The molecule has 0 fully saturated rings. The quantitative estimate of drug-likeness (QED) is 0.734. The van der Waals surface area contributed by atoms with Crippen LogP contribution in [0.15, 0.2) is 22.9 Å². The molecule has 0 bridgehead atoms. The molecule has 2 rings (SSSR count). The normalized spacial score (nSPS) is 9.27. The van der Waals surface area contributed by atoms with E-state index in [4.69, 9.17) is 5.26 Å². The fourth-order valence-corrected chi connectivity index (χ4v) is 1.61. The summed E-state index contributed by atoms with van der Waals surface area (Å²) in [5.41, 5.74) is 2.47. The zero-order valence-electron chi connectivity index (χ0n) is 8.95. The number of aryl methyl sites for hydroxylation is 1. The van der Waals surface area contributed by atoms with Crippen LogP contribution in [0.25, 0.3) is 5.65 Å². The van der Waals surface area contributed by atoms with E-state index in [1.807, 2.05) is 31.4 Å². The molecule has 0 radical (unpaired) electrons. The summed E-state index contributed by atoms with van der Waals surface area (Å²) in [4.78, 5) is 4.16. The molecule has 0 atom stereocenters. The van der Waals surface area contributed by atoms with Gasteiger partial charge in [0.05, 0.1) is 10.0 Å². The van der Waals surface area contributed by atoms with Gasteiger partial charge in [-0.2, -0.15) is 5.26 Å². The molecule has 78 valence electrons. The molecule has 0 aliphatic carbocycles. The van der Waals surface area contributed by atoms with Gasteiger partial charge < -0.3 is 4.40 Å². The molecule has 4 heteroatoms. The highest BCUT2D eigenvalue weighted by atomic mass is 79.9. The van der Waals surface area contributed by atoms with E-state index in [1.165, 1.54) is 0 Å². The van der Waals surface area contributed by atoms with E-state index in [0.717, 1.165) is 15.8 Å². The summed E-state index contributed by atoms with van der Waals surface area (Å²) < 4.78 is 2.73. The number of hydrogen-bond acceptors (Lipinski definition) is 2. The van der Waals surface area contributed by atoms with Crippen molar-refractivity contribution >= 4 is 21.6 Å². The zero-order valence-corrected chi connectivity index (χ0v) is 10.5. The molecule has 2 aromatic rings. The van der Waals surface area contributed by atoms with Crippen LogP contribution in [-0.4, -0.2) is 9.38 Å². The van der Waals surface area contributed by atoms with E-state index >= 15 is 0 Å². The molecule has 0 saturated heterocycles. The van der Waals surface area contributed by atoms with Gasteiger partial charge in [-0.3, -0.25) is 0 Å². The topological polar surface area (TPSA) is 41.1 Å². The molecule has 0 aliphatic heterocycles. The van der Waals surface area contributed by atoms with Gasteiger partial charge in [0.2, 0.25) is 0 Å². The lowest BCUT2D eigenvalue weighted by atomic mass is 10.3. The number of halogens is 1. The molecule has 2 aromatic heterocycles. The van der Waals surface area contributed by atoms with Crippen LogP contribution in [0.1, 0.15) is 25.1 Å². The van der Waals surface area contributed by atoms with Gasteiger partial charge in [-0.25, -0.2) is 4.98 Å². The van der Waals surface area contributed by atoms with Gasteiger partial charge in [-0.05, 0) is 22.9 Å². The first kappa shape index (κ1) is 11.7. The predicted molar refractivity (Wildman–Crippen MR) is 63.7 cm³/mol. The van der Waals surface area contributed by atoms with Gasteiger partial charge in [0.15, 0.2) is 0 Å². The molecule has 3 nitrogen and oxygen atoms in total. The number of imidazole rings is 1. The van der Waals surface area contributed by atoms with Gasteiger partial charge in [0, 0.05) is 24.2 Å². The van der Waals surface area contributed by atoms with Crippen molar-refractivity contribution in [2.45, 2.75) is 20.8 Å². The first-order valence-corrected chi connectivity index (χ1v) is 5.55. The van der Waals surface area contributed by atoms with E-state index < -0.39 is 0 Å². The van der Waals surface area contributed by atoms with Crippen molar-refractivity contribution in [2.24, 2.45) is 0 Å². The molecule has 0 amide bonds. The van der Waals surface area contributed by atoms with E-state index in [1.54, 1.807) is 12.3 Å². The van der Waals surface area contributed by atoms with Gasteiger partial charge >= 0.3 is 0 Å². The lowest BCUT2D eigenvalue weighted by Crippen LogP contribution is -1.89. The predicted octanol–water partition coefficient (Wildman–Crippen LogP) is 3.30. The number of fused-ring (bicyclic) bond motifs is 1. The van der Waals surface area contributed by atoms with E-state index in [-0.39, 0.29) is 0 Å². The van der Waals surface area contributed by atoms with Crippen molar-refractivity contribution in [2.75, 3.05) is 0 Å². The molecule has 15 heavy (non-hydrogen) atoms. The number of hydrogen-bond donors (Lipinski definition) is 0. The largest absolute Gasteiger partial charge is 0.303 e. The SMILES string of the molecule is CC.Cc1cnc2cc(C#N)c(Br)cn12. The molecule has 0 spiro atoms. The fraction of sp³-hybridized carbons (Fsp3) is 0.273. The van der Waals surface area contributed by atoms with Gasteiger partial charge in [0.1, 0.15) is 11.7 Å². The molecule has 0 aliphatic rings. The summed E-state index contributed by atoms with van der Waals surface area (Å²) in [6.07, 6.45) is 3.64. The minimum absolute atomic E-state index is 0.609. The summed E-state index contributed by atoms with van der Waals surface area (Å²) in [6, 6.07) is 3.86. The number of pyridine rings is 1. The number of nitriles is 1. The van der Waals surface area contributed by atoms with E-state index in [9.17, 15) is 0 Å². The average Bonchev–Trinajstić information content (AvgIpc) is 2.62. The Morgan fingerprint density at radius 2 is 2.13 bits per heavy atom. The summed E-state index contributed by atoms with van der Waals surface area (Å²) in [5, 5.41) is 8.77. The lowest BCUT2D eigenvalue weighted by molar-refractivity contribution is 1.10. The second kappa shape index (κ2) is 4.94. The third-order valence-electron chi connectivity index (χ3n) is 1.90. The zero-order chi connectivity index (χ0) is 11.4. The molecular weight excluding hydrogens is 254 g/mol. The van der Waals surface area contributed by atoms with Crippen molar-refractivity contribution in [3.63, 3.8) is 0 Å². The number of nitrogens with zero attached hydrogens (tertiary/aromatic N) is 3. The van der Waals surface area contributed by atoms with Crippen molar-refractivity contribution in [1.82, 2.24) is 9.38 Å². The van der Waals surface area contributed by atoms with Crippen LogP contribution in [0.4, 0.5) is 0 Å². The van der Waals surface area contributed by atoms with Crippen LogP contribution in [0, 0.1) is 18.3 Å². The summed E-state index contributed by atoms with van der Waals surface area (Å²) >= 11 is 3.33. The van der Waals surface area contributed by atoms with Crippen molar-refractivity contribution in [1.29, 1.82) is 5.26 Å². The monoisotopic (exact) mass is 265 g/mol. The fourth-order valence-electron chi connectivity index (χ4n) is 1.21. The first-order chi connectivity index (χ1) is 7.22. The third kappa shape index (κ3) is 2.18. The standard InChI is InChI=1S/C9H6BrN3.C2H6/c1-6-4-12-9-2-7(3-11)8(10)5-13(6)9;1-2/h2,4-5H,1H3;1-2H3. The summed E-state index contributed by atoms with van der Waals surface area (Å²) in [6.45, 7) is 5.97. The maximum Gasteiger partial charge on any atom is 0.138 e. The van der Waals surface area contributed by atoms with Crippen molar-refractivity contribution in [3.05, 3.63) is 34.2 Å². The van der Waals surface area contributed by atoms with Crippen LogP contribution >= 0.6 is 15.9 Å². The molecule has 0 aromatic carbocycles. The third-order valence-corrected chi connectivity index (χ3v) is 2.54. The Morgan fingerprint density at radius 1 is 1.47 bits per heavy atom. The summed E-state index contributed by atoms with van der Waals surface area (Å²) in [5.74, 6) is 0. The lowest BCUT2D eigenvalue weighted by Gasteiger charge is -1.98. The van der Waals surface area contributed by atoms with Crippen molar-refractivity contribution in [3.8, 4) is 6.07 Å². The average molecular weight is 266 g/mol. The highest BCUT2D eigenvalue weighted by Crippen LogP contribution is 2.18. The Balaban J connectivity index is 0.000000531. The minimum Gasteiger partial charge on any atom is -0.303 e. The molecular formula is C11H12BrN3. The van der Waals surface area contributed by atoms with Crippen LogP contribution in [0.5, 0.6) is 0 Å². The van der Waals surface area contributed by atoms with Crippen LogP contribution in [0.2, 0.25) is 0 Å². The second-order valence-corrected chi connectivity index (χ2v) is 3.63. The Morgan fingerprint density at radius 3 is 2.73 bits per heavy atom. The van der Waals surface area contributed by atoms with Crippen LogP contribution in [0.3, 0.4) is 0 Å². The minimum atomic E-state index is 0.609. The van der Waals surface area contributed by atoms with Crippen molar-refractivity contribution < 1.29 is 0 Å². The Kier molecular flexibility index (Phi) is 3.87. The first-order valence-electron chi connectivity index (χ1n) is 4.75. The molecule has 2 heterocycles. The maximum atomic E-state index is 8.77. The van der Waals surface area contributed by atoms with E-state index in [0.29, 0.717) is 5.56 Å². The highest BCUT2D eigenvalue weighted by molar-refractivity contribution is 9.10. The molecule has 0 saturated carbocycles. The summed E-state index contributed by atoms with van der Waals surface area (Å²) in [7, 11) is 0. The Hall–Kier alpha value is -1.34. The Bertz CT molecular complexity index is 508. The van der Waals surface area contributed by atoms with Gasteiger partial charge in [0.25, 0.3) is 0 Å². The second-order valence-electron chi connectivity index (χ2n) is 2.77. The smallest absolute Gasteiger partial charge is 0.138 e. The number of rotatable bonds is 0. The Labute approximate surface area is 97.5 Å². The van der Waals surface area contributed by atoms with E-state index in [2.05, 4.69) is 27.0 Å².